The molecule has 0 saturated heterocycles. The molecule has 29 heavy (non-hydrogen) atoms. The van der Waals surface area contributed by atoms with Crippen LogP contribution in [0.25, 0.3) is 0 Å². The molecule has 168 valence electrons. The predicted molar refractivity (Wildman–Crippen MR) is 124 cm³/mol. The van der Waals surface area contributed by atoms with Crippen molar-refractivity contribution in [2.45, 2.75) is 128 Å². The molecule has 4 heteroatoms. The number of aryl methyl sites for hydroxylation is 1. The third-order valence-electron chi connectivity index (χ3n) is 6.05. The van der Waals surface area contributed by atoms with Crippen molar-refractivity contribution in [3.05, 3.63) is 29.3 Å². The maximum atomic E-state index is 11.5. The van der Waals surface area contributed by atoms with Crippen LogP contribution >= 0.6 is 0 Å². The Morgan fingerprint density at radius 1 is 0.793 bits per heavy atom. The fraction of sp³-hybridized carbons (Fsp3) is 0.760. The highest BCUT2D eigenvalue weighted by Crippen LogP contribution is 2.26. The molecule has 0 radical (unpaired) electrons. The van der Waals surface area contributed by atoms with Crippen LogP contribution in [0.4, 0.5) is 0 Å². The lowest BCUT2D eigenvalue weighted by atomic mass is 9.94. The molecule has 0 aromatic heterocycles. The van der Waals surface area contributed by atoms with E-state index in [-0.39, 0.29) is 4.90 Å². The zero-order chi connectivity index (χ0) is 21.5. The second-order valence-corrected chi connectivity index (χ2v) is 10.2. The second-order valence-electron chi connectivity index (χ2n) is 8.79. The van der Waals surface area contributed by atoms with Gasteiger partial charge in [0.2, 0.25) is 0 Å². The molecule has 1 rings (SSSR count). The van der Waals surface area contributed by atoms with Crippen LogP contribution in [-0.4, -0.2) is 13.0 Å². The molecule has 1 N–H and O–H groups in total. The summed E-state index contributed by atoms with van der Waals surface area (Å²) in [5.74, 6) is 0.313. The van der Waals surface area contributed by atoms with E-state index in [0.29, 0.717) is 11.5 Å². The van der Waals surface area contributed by atoms with Gasteiger partial charge >= 0.3 is 0 Å². The van der Waals surface area contributed by atoms with E-state index in [0.717, 1.165) is 12.0 Å². The molecule has 0 aliphatic heterocycles. The van der Waals surface area contributed by atoms with Crippen molar-refractivity contribution < 1.29 is 13.0 Å². The first-order valence-corrected chi connectivity index (χ1v) is 13.4. The smallest absolute Gasteiger partial charge is 0.282 e. The predicted octanol–water partition coefficient (Wildman–Crippen LogP) is 8.22. The maximum Gasteiger partial charge on any atom is 0.294 e. The SMILES string of the molecule is CCCCCCCCCCCCCCCCC(C)c1ccc(C)c(S(=O)(=O)O)c1. The van der Waals surface area contributed by atoms with Crippen LogP contribution in [0, 0.1) is 6.92 Å². The highest BCUT2D eigenvalue weighted by atomic mass is 32.2. The summed E-state index contributed by atoms with van der Waals surface area (Å²) in [6, 6.07) is 5.41. The normalized spacial score (nSPS) is 13.0. The minimum atomic E-state index is -4.14. The first kappa shape index (κ1) is 26.2. The molecular weight excluding hydrogens is 380 g/mol. The Kier molecular flexibility index (Phi) is 13.5. The summed E-state index contributed by atoms with van der Waals surface area (Å²) in [4.78, 5) is 0.0443. The van der Waals surface area contributed by atoms with Crippen LogP contribution in [0.5, 0.6) is 0 Å². The van der Waals surface area contributed by atoms with Gasteiger partial charge in [0.25, 0.3) is 10.1 Å². The quantitative estimate of drug-likeness (QED) is 0.202. The van der Waals surface area contributed by atoms with Crippen LogP contribution in [0.3, 0.4) is 0 Å². The summed E-state index contributed by atoms with van der Waals surface area (Å²) in [6.45, 7) is 6.12. The van der Waals surface area contributed by atoms with Crippen molar-refractivity contribution in [1.82, 2.24) is 0 Å². The summed E-state index contributed by atoms with van der Waals surface area (Å²) >= 11 is 0. The average molecular weight is 425 g/mol. The summed E-state index contributed by atoms with van der Waals surface area (Å²) in [7, 11) is -4.14. The van der Waals surface area contributed by atoms with Crippen LogP contribution in [0.15, 0.2) is 23.1 Å². The third kappa shape index (κ3) is 11.8. The van der Waals surface area contributed by atoms with E-state index in [1.54, 1.807) is 19.1 Å². The van der Waals surface area contributed by atoms with E-state index >= 15 is 0 Å². The van der Waals surface area contributed by atoms with E-state index in [1.807, 2.05) is 6.07 Å². The van der Waals surface area contributed by atoms with E-state index in [9.17, 15) is 13.0 Å². The molecule has 0 spiro atoms. The summed E-state index contributed by atoms with van der Waals surface area (Å²) in [5.41, 5.74) is 1.60. The van der Waals surface area contributed by atoms with Gasteiger partial charge in [0.1, 0.15) is 0 Å². The van der Waals surface area contributed by atoms with Crippen molar-refractivity contribution >= 4 is 10.1 Å². The Morgan fingerprint density at radius 3 is 1.69 bits per heavy atom. The first-order valence-electron chi connectivity index (χ1n) is 11.9. The van der Waals surface area contributed by atoms with E-state index in [2.05, 4.69) is 13.8 Å². The molecule has 0 fully saturated rings. The molecule has 0 bridgehead atoms. The van der Waals surface area contributed by atoms with Crippen molar-refractivity contribution in [3.63, 3.8) is 0 Å². The van der Waals surface area contributed by atoms with E-state index in [4.69, 9.17) is 0 Å². The monoisotopic (exact) mass is 424 g/mol. The highest BCUT2D eigenvalue weighted by molar-refractivity contribution is 7.85. The fourth-order valence-corrected chi connectivity index (χ4v) is 4.77. The molecule has 1 aromatic carbocycles. The van der Waals surface area contributed by atoms with Gasteiger partial charge in [0.05, 0.1) is 4.90 Å². The van der Waals surface area contributed by atoms with Gasteiger partial charge in [-0.3, -0.25) is 4.55 Å². The van der Waals surface area contributed by atoms with Crippen molar-refractivity contribution in [1.29, 1.82) is 0 Å². The van der Waals surface area contributed by atoms with Gasteiger partial charge in [-0.15, -0.1) is 0 Å². The Morgan fingerprint density at radius 2 is 1.24 bits per heavy atom. The second kappa shape index (κ2) is 15.0. The molecule has 0 heterocycles. The lowest BCUT2D eigenvalue weighted by Gasteiger charge is -2.14. The molecule has 1 aromatic rings. The summed E-state index contributed by atoms with van der Waals surface area (Å²) < 4.78 is 32.3. The fourth-order valence-electron chi connectivity index (χ4n) is 4.01. The van der Waals surface area contributed by atoms with Crippen LogP contribution < -0.4 is 0 Å². The average Bonchev–Trinajstić information content (AvgIpc) is 2.67. The maximum absolute atomic E-state index is 11.5. The Balaban J connectivity index is 2.07. The lowest BCUT2D eigenvalue weighted by molar-refractivity contribution is 0.482. The first-order chi connectivity index (χ1) is 13.9. The van der Waals surface area contributed by atoms with Crippen molar-refractivity contribution in [2.75, 3.05) is 0 Å². The molecule has 0 aliphatic carbocycles. The van der Waals surface area contributed by atoms with E-state index in [1.165, 1.54) is 89.9 Å². The highest BCUT2D eigenvalue weighted by Gasteiger charge is 2.15. The number of unbranched alkanes of at least 4 members (excludes halogenated alkanes) is 13. The Bertz CT molecular complexity index is 652. The minimum Gasteiger partial charge on any atom is -0.282 e. The molecule has 0 saturated carbocycles. The number of benzene rings is 1. The molecule has 0 amide bonds. The third-order valence-corrected chi connectivity index (χ3v) is 7.05. The van der Waals surface area contributed by atoms with Gasteiger partial charge in [-0.1, -0.05) is 116 Å². The van der Waals surface area contributed by atoms with Crippen LogP contribution in [0.1, 0.15) is 127 Å². The molecule has 0 aliphatic rings. The van der Waals surface area contributed by atoms with Crippen molar-refractivity contribution in [2.24, 2.45) is 0 Å². The topological polar surface area (TPSA) is 54.4 Å². The molecule has 3 nitrogen and oxygen atoms in total. The zero-order valence-corrected chi connectivity index (χ0v) is 19.9. The van der Waals surface area contributed by atoms with Gasteiger partial charge in [-0.2, -0.15) is 8.42 Å². The number of hydrogen-bond donors (Lipinski definition) is 1. The summed E-state index contributed by atoms with van der Waals surface area (Å²) in [6.07, 6.45) is 20.1. The number of rotatable bonds is 17. The molecular formula is C25H44O3S. The lowest BCUT2D eigenvalue weighted by Crippen LogP contribution is -2.03. The minimum absolute atomic E-state index is 0.0443. The Labute approximate surface area is 180 Å². The van der Waals surface area contributed by atoms with Crippen LogP contribution in [-0.2, 0) is 10.1 Å². The molecule has 1 unspecified atom stereocenters. The zero-order valence-electron chi connectivity index (χ0n) is 19.1. The molecule has 1 atom stereocenters. The van der Waals surface area contributed by atoms with Gasteiger partial charge < -0.3 is 0 Å². The summed E-state index contributed by atoms with van der Waals surface area (Å²) in [5, 5.41) is 0. The standard InChI is InChI=1S/C25H44O3S/c1-4-5-6-7-8-9-10-11-12-13-14-15-16-17-18-22(2)24-20-19-23(3)25(21-24)29(26,27)28/h19-22H,4-18H2,1-3H3,(H,26,27,28). The van der Waals surface area contributed by atoms with Crippen molar-refractivity contribution in [3.8, 4) is 0 Å². The number of hydrogen-bond acceptors (Lipinski definition) is 2. The van der Waals surface area contributed by atoms with E-state index < -0.39 is 10.1 Å². The van der Waals surface area contributed by atoms with Gasteiger partial charge in [-0.05, 0) is 36.5 Å². The van der Waals surface area contributed by atoms with Gasteiger partial charge in [0.15, 0.2) is 0 Å². The van der Waals surface area contributed by atoms with Crippen LogP contribution in [0.2, 0.25) is 0 Å². The van der Waals surface area contributed by atoms with Gasteiger partial charge in [0, 0.05) is 0 Å². The Hall–Kier alpha value is -0.870. The van der Waals surface area contributed by atoms with Gasteiger partial charge in [-0.25, -0.2) is 0 Å². The largest absolute Gasteiger partial charge is 0.294 e.